The summed E-state index contributed by atoms with van der Waals surface area (Å²) in [6.07, 6.45) is 3.19. The van der Waals surface area contributed by atoms with Crippen molar-refractivity contribution in [1.82, 2.24) is 19.9 Å². The molecule has 8 N–H and O–H groups in total. The van der Waals surface area contributed by atoms with Gasteiger partial charge in [0, 0.05) is 19.2 Å². The maximum absolute atomic E-state index is 14.9. The zero-order valence-corrected chi connectivity index (χ0v) is 21.8. The first kappa shape index (κ1) is 27.0. The molecule has 1 amide bonds. The molecule has 208 valence electrons. The molecule has 2 aromatic heterocycles. The molecule has 12 heteroatoms. The van der Waals surface area contributed by atoms with E-state index >= 15 is 0 Å². The molecule has 0 saturated carbocycles. The van der Waals surface area contributed by atoms with Crippen LogP contribution in [0.15, 0.2) is 60.8 Å². The van der Waals surface area contributed by atoms with Gasteiger partial charge < -0.3 is 37.1 Å². The molecule has 0 spiro atoms. The third-order valence-electron chi connectivity index (χ3n) is 7.02. The first-order valence-electron chi connectivity index (χ1n) is 13.1. The maximum Gasteiger partial charge on any atom is 0.291 e. The second-order valence-corrected chi connectivity index (χ2v) is 9.69. The van der Waals surface area contributed by atoms with Gasteiger partial charge in [0.15, 0.2) is 5.82 Å². The number of aromatic nitrogens is 4. The summed E-state index contributed by atoms with van der Waals surface area (Å²) in [5, 5.41) is 15.9. The molecule has 0 aliphatic carbocycles. The summed E-state index contributed by atoms with van der Waals surface area (Å²) in [6.45, 7) is 1.76. The van der Waals surface area contributed by atoms with Gasteiger partial charge in [0.25, 0.3) is 5.91 Å². The standard InChI is InChI=1S/C28H32FN9O2/c29-19-7-4-8-20(25(19)38-11-9-17(14-30)10-12-38)35-27(40)26-32-15-22(34-26)21-13-24(37-28(31)36-21)33-23(16-39)18-5-2-1-3-6-18/h1-8,13,15,17,23,39H,9-12,14,16,30H2,(H,32,34)(H,35,40)(H3,31,33,36,37)/t23-/m1/s1. The number of hydrogen-bond donors (Lipinski definition) is 6. The van der Waals surface area contributed by atoms with E-state index in [1.54, 1.807) is 18.2 Å². The Labute approximate surface area is 230 Å². The average molecular weight is 546 g/mol. The molecular weight excluding hydrogens is 513 g/mol. The lowest BCUT2D eigenvalue weighted by atomic mass is 9.96. The van der Waals surface area contributed by atoms with Crippen LogP contribution in [0.5, 0.6) is 0 Å². The third-order valence-corrected chi connectivity index (χ3v) is 7.02. The van der Waals surface area contributed by atoms with E-state index in [-0.39, 0.29) is 18.4 Å². The number of nitrogens with two attached hydrogens (primary N) is 2. The predicted octanol–water partition coefficient (Wildman–Crippen LogP) is 3.16. The monoisotopic (exact) mass is 545 g/mol. The van der Waals surface area contributed by atoms with Crippen molar-refractivity contribution in [2.45, 2.75) is 18.9 Å². The Kier molecular flexibility index (Phi) is 8.18. The molecule has 1 aliphatic heterocycles. The van der Waals surface area contributed by atoms with Crippen LogP contribution in [0.2, 0.25) is 0 Å². The number of halogens is 1. The number of nitrogen functional groups attached to an aromatic ring is 1. The van der Waals surface area contributed by atoms with Gasteiger partial charge in [0.2, 0.25) is 5.95 Å². The van der Waals surface area contributed by atoms with Gasteiger partial charge in [-0.25, -0.2) is 14.4 Å². The molecule has 4 aromatic rings. The van der Waals surface area contributed by atoms with Crippen molar-refractivity contribution in [2.75, 3.05) is 47.5 Å². The van der Waals surface area contributed by atoms with Crippen molar-refractivity contribution in [1.29, 1.82) is 0 Å². The van der Waals surface area contributed by atoms with E-state index in [1.165, 1.54) is 12.3 Å². The summed E-state index contributed by atoms with van der Waals surface area (Å²) < 4.78 is 14.9. The van der Waals surface area contributed by atoms with Crippen LogP contribution in [-0.2, 0) is 0 Å². The van der Waals surface area contributed by atoms with Crippen LogP contribution in [-0.4, -0.2) is 57.2 Å². The highest BCUT2D eigenvalue weighted by atomic mass is 19.1. The molecule has 1 saturated heterocycles. The number of aliphatic hydroxyl groups excluding tert-OH is 1. The van der Waals surface area contributed by atoms with E-state index in [1.807, 2.05) is 35.2 Å². The zero-order valence-electron chi connectivity index (χ0n) is 21.8. The number of benzene rings is 2. The third kappa shape index (κ3) is 6.03. The summed E-state index contributed by atoms with van der Waals surface area (Å²) in [5.41, 5.74) is 14.2. The van der Waals surface area contributed by atoms with Gasteiger partial charge >= 0.3 is 0 Å². The second-order valence-electron chi connectivity index (χ2n) is 9.69. The highest BCUT2D eigenvalue weighted by Crippen LogP contribution is 2.33. The van der Waals surface area contributed by atoms with Crippen molar-refractivity contribution < 1.29 is 14.3 Å². The fourth-order valence-corrected chi connectivity index (χ4v) is 4.85. The Hall–Kier alpha value is -4.55. The number of H-pyrrole nitrogens is 1. The number of carbonyl (C=O) groups excluding carboxylic acids is 1. The topological polar surface area (TPSA) is 171 Å². The number of amides is 1. The van der Waals surface area contributed by atoms with Crippen LogP contribution in [0.4, 0.5) is 27.5 Å². The minimum absolute atomic E-state index is 0.00756. The highest BCUT2D eigenvalue weighted by Gasteiger charge is 2.24. The van der Waals surface area contributed by atoms with E-state index in [2.05, 4.69) is 30.6 Å². The first-order chi connectivity index (χ1) is 19.4. The van der Waals surface area contributed by atoms with Gasteiger partial charge in [-0.3, -0.25) is 4.79 Å². The molecule has 1 fully saturated rings. The van der Waals surface area contributed by atoms with Gasteiger partial charge in [-0.1, -0.05) is 36.4 Å². The molecule has 0 unspecified atom stereocenters. The fourth-order valence-electron chi connectivity index (χ4n) is 4.85. The van der Waals surface area contributed by atoms with Crippen molar-refractivity contribution >= 4 is 29.0 Å². The van der Waals surface area contributed by atoms with E-state index in [0.29, 0.717) is 54.1 Å². The minimum Gasteiger partial charge on any atom is -0.394 e. The molecule has 2 aromatic carbocycles. The highest BCUT2D eigenvalue weighted by molar-refractivity contribution is 6.04. The number of anilines is 4. The molecule has 11 nitrogen and oxygen atoms in total. The number of aliphatic hydroxyl groups is 1. The molecular formula is C28H32FN9O2. The lowest BCUT2D eigenvalue weighted by Gasteiger charge is -2.34. The van der Waals surface area contributed by atoms with Crippen molar-refractivity contribution in [3.63, 3.8) is 0 Å². The Morgan fingerprint density at radius 1 is 1.15 bits per heavy atom. The van der Waals surface area contributed by atoms with Crippen molar-refractivity contribution in [2.24, 2.45) is 11.7 Å². The van der Waals surface area contributed by atoms with Crippen LogP contribution in [0.3, 0.4) is 0 Å². The number of aromatic amines is 1. The van der Waals surface area contributed by atoms with E-state index < -0.39 is 17.8 Å². The van der Waals surface area contributed by atoms with Gasteiger partial charge in [-0.05, 0) is 43.0 Å². The summed E-state index contributed by atoms with van der Waals surface area (Å²) in [7, 11) is 0. The van der Waals surface area contributed by atoms with Crippen molar-refractivity contribution in [3.05, 3.63) is 78.0 Å². The number of para-hydroxylation sites is 1. The Morgan fingerprint density at radius 3 is 2.65 bits per heavy atom. The summed E-state index contributed by atoms with van der Waals surface area (Å²) in [5.74, 6) is -0.0858. The number of carbonyl (C=O) groups is 1. The van der Waals surface area contributed by atoms with E-state index in [0.717, 1.165) is 18.4 Å². The lowest BCUT2D eigenvalue weighted by Crippen LogP contribution is -2.37. The summed E-state index contributed by atoms with van der Waals surface area (Å²) >= 11 is 0. The largest absolute Gasteiger partial charge is 0.394 e. The van der Waals surface area contributed by atoms with Gasteiger partial charge in [0.05, 0.1) is 41.6 Å². The number of piperidine rings is 1. The molecule has 0 radical (unpaired) electrons. The molecule has 3 heterocycles. The van der Waals surface area contributed by atoms with Crippen LogP contribution < -0.4 is 27.0 Å². The number of imidazole rings is 1. The average Bonchev–Trinajstić information content (AvgIpc) is 3.47. The molecule has 1 atom stereocenters. The van der Waals surface area contributed by atoms with Crippen LogP contribution in [0.25, 0.3) is 11.4 Å². The normalized spacial score (nSPS) is 14.6. The molecule has 5 rings (SSSR count). The number of nitrogens with zero attached hydrogens (tertiary/aromatic N) is 4. The lowest BCUT2D eigenvalue weighted by molar-refractivity contribution is 0.101. The second kappa shape index (κ2) is 12.1. The van der Waals surface area contributed by atoms with Gasteiger partial charge in [-0.15, -0.1) is 0 Å². The Bertz CT molecular complexity index is 1460. The SMILES string of the molecule is NCC1CCN(c2c(F)cccc2NC(=O)c2ncc(-c3cc(N[C@H](CO)c4ccccc4)nc(N)n3)[nH]2)CC1. The van der Waals surface area contributed by atoms with Crippen LogP contribution >= 0.6 is 0 Å². The fraction of sp³-hybridized carbons (Fsp3) is 0.286. The van der Waals surface area contributed by atoms with Gasteiger partial charge in [0.1, 0.15) is 11.6 Å². The molecule has 1 aliphatic rings. The van der Waals surface area contributed by atoms with E-state index in [4.69, 9.17) is 11.5 Å². The first-order valence-corrected chi connectivity index (χ1v) is 13.1. The number of hydrogen-bond acceptors (Lipinski definition) is 9. The Balaban J connectivity index is 1.33. The van der Waals surface area contributed by atoms with E-state index in [9.17, 15) is 14.3 Å². The summed E-state index contributed by atoms with van der Waals surface area (Å²) in [4.78, 5) is 30.7. The van der Waals surface area contributed by atoms with Crippen molar-refractivity contribution in [3.8, 4) is 11.4 Å². The number of nitrogens with one attached hydrogen (secondary N) is 3. The zero-order chi connectivity index (χ0) is 28.1. The minimum atomic E-state index is -0.528. The summed E-state index contributed by atoms with van der Waals surface area (Å²) in [6, 6.07) is 15.3. The van der Waals surface area contributed by atoms with Gasteiger partial charge in [-0.2, -0.15) is 4.98 Å². The smallest absolute Gasteiger partial charge is 0.291 e. The quantitative estimate of drug-likeness (QED) is 0.185. The van der Waals surface area contributed by atoms with Crippen LogP contribution in [0.1, 0.15) is 35.1 Å². The molecule has 0 bridgehead atoms. The Morgan fingerprint density at radius 2 is 1.93 bits per heavy atom. The number of rotatable bonds is 9. The molecule has 40 heavy (non-hydrogen) atoms. The predicted molar refractivity (Wildman–Crippen MR) is 152 cm³/mol. The van der Waals surface area contributed by atoms with Crippen LogP contribution in [0, 0.1) is 11.7 Å². The maximum atomic E-state index is 14.9.